The number of aryl methyl sites for hydroxylation is 1. The molecular formula is C19H24N2O6S. The van der Waals surface area contributed by atoms with E-state index in [9.17, 15) is 13.2 Å². The Morgan fingerprint density at radius 1 is 1.25 bits per heavy atom. The van der Waals surface area contributed by atoms with Gasteiger partial charge in [0.1, 0.15) is 5.75 Å². The van der Waals surface area contributed by atoms with Gasteiger partial charge in [-0.2, -0.15) is 4.31 Å². The lowest BCUT2D eigenvalue weighted by atomic mass is 9.98. The van der Waals surface area contributed by atoms with E-state index in [1.54, 1.807) is 37.3 Å². The maximum Gasteiger partial charge on any atom is 0.309 e. The molecule has 1 fully saturated rings. The van der Waals surface area contributed by atoms with Crippen LogP contribution in [0.4, 0.5) is 0 Å². The monoisotopic (exact) mass is 408 g/mol. The van der Waals surface area contributed by atoms with Crippen LogP contribution >= 0.6 is 0 Å². The first kappa shape index (κ1) is 20.3. The molecule has 0 saturated carbocycles. The van der Waals surface area contributed by atoms with Crippen molar-refractivity contribution in [2.24, 2.45) is 5.92 Å². The maximum atomic E-state index is 12.8. The number of piperidine rings is 1. The summed E-state index contributed by atoms with van der Waals surface area (Å²) in [6, 6.07) is 8.08. The first-order chi connectivity index (χ1) is 13.4. The van der Waals surface area contributed by atoms with Gasteiger partial charge < -0.3 is 14.0 Å². The van der Waals surface area contributed by atoms with Crippen LogP contribution in [0, 0.1) is 12.8 Å². The third-order valence-electron chi connectivity index (χ3n) is 4.59. The van der Waals surface area contributed by atoms with Crippen LogP contribution in [0.2, 0.25) is 0 Å². The fourth-order valence-corrected chi connectivity index (χ4v) is 4.57. The van der Waals surface area contributed by atoms with Crippen LogP contribution in [0.3, 0.4) is 0 Å². The van der Waals surface area contributed by atoms with Crippen molar-refractivity contribution in [2.45, 2.75) is 38.2 Å². The molecule has 28 heavy (non-hydrogen) atoms. The minimum Gasteiger partial charge on any atom is -0.494 e. The Bertz CT molecular complexity index is 899. The van der Waals surface area contributed by atoms with Gasteiger partial charge in [0.05, 0.1) is 23.1 Å². The van der Waals surface area contributed by atoms with E-state index < -0.39 is 10.0 Å². The highest BCUT2D eigenvalue weighted by Gasteiger charge is 2.32. The number of carbonyl (C=O) groups excluding carboxylic acids is 1. The second kappa shape index (κ2) is 8.74. The summed E-state index contributed by atoms with van der Waals surface area (Å²) in [5.74, 6) is 0.453. The number of sulfonamides is 1. The predicted molar refractivity (Wildman–Crippen MR) is 100 cm³/mol. The standard InChI is InChI=1S/C19H24N2O6S/c1-3-25-16-4-6-18(7-5-16)28(23,24)21-10-8-15(9-11-21)19(22)26-13-17-12-14(2)20-27-17/h4-7,12,15H,3,8-11,13H2,1-2H3. The molecule has 0 aliphatic carbocycles. The summed E-state index contributed by atoms with van der Waals surface area (Å²) in [7, 11) is -3.59. The smallest absolute Gasteiger partial charge is 0.309 e. The number of ether oxygens (including phenoxy) is 2. The van der Waals surface area contributed by atoms with Gasteiger partial charge in [0.15, 0.2) is 12.4 Å². The van der Waals surface area contributed by atoms with Crippen molar-refractivity contribution in [3.8, 4) is 5.75 Å². The fourth-order valence-electron chi connectivity index (χ4n) is 3.10. The summed E-state index contributed by atoms with van der Waals surface area (Å²) in [5, 5.41) is 3.74. The second-order valence-electron chi connectivity index (χ2n) is 6.63. The van der Waals surface area contributed by atoms with Gasteiger partial charge in [-0.25, -0.2) is 8.42 Å². The van der Waals surface area contributed by atoms with Crippen LogP contribution in [-0.4, -0.2) is 43.5 Å². The molecule has 2 aromatic rings. The fraction of sp³-hybridized carbons (Fsp3) is 0.474. The Labute approximate surface area is 164 Å². The Morgan fingerprint density at radius 3 is 2.50 bits per heavy atom. The molecule has 1 aromatic carbocycles. The summed E-state index contributed by atoms with van der Waals surface area (Å²) in [5.41, 5.74) is 0.721. The number of hydrogen-bond acceptors (Lipinski definition) is 7. The Hall–Kier alpha value is -2.39. The van der Waals surface area contributed by atoms with Gasteiger partial charge in [0, 0.05) is 19.2 Å². The lowest BCUT2D eigenvalue weighted by Gasteiger charge is -2.30. The van der Waals surface area contributed by atoms with Crippen LogP contribution in [0.15, 0.2) is 39.8 Å². The van der Waals surface area contributed by atoms with Gasteiger partial charge in [-0.05, 0) is 51.0 Å². The highest BCUT2D eigenvalue weighted by atomic mass is 32.2. The molecule has 0 unspecified atom stereocenters. The third-order valence-corrected chi connectivity index (χ3v) is 6.51. The van der Waals surface area contributed by atoms with Crippen LogP contribution in [0.25, 0.3) is 0 Å². The molecule has 2 heterocycles. The summed E-state index contributed by atoms with van der Waals surface area (Å²) in [6.45, 7) is 4.76. The molecule has 0 bridgehead atoms. The number of hydrogen-bond donors (Lipinski definition) is 0. The van der Waals surface area contributed by atoms with Gasteiger partial charge in [-0.3, -0.25) is 4.79 Å². The van der Waals surface area contributed by atoms with E-state index in [4.69, 9.17) is 14.0 Å². The minimum atomic E-state index is -3.59. The summed E-state index contributed by atoms with van der Waals surface area (Å²) in [4.78, 5) is 12.5. The predicted octanol–water partition coefficient (Wildman–Crippen LogP) is 2.53. The zero-order valence-electron chi connectivity index (χ0n) is 16.0. The average molecular weight is 408 g/mol. The molecule has 0 radical (unpaired) electrons. The SMILES string of the molecule is CCOc1ccc(S(=O)(=O)N2CCC(C(=O)OCc3cc(C)no3)CC2)cc1. The zero-order valence-corrected chi connectivity index (χ0v) is 16.8. The van der Waals surface area contributed by atoms with E-state index >= 15 is 0 Å². The number of nitrogens with zero attached hydrogens (tertiary/aromatic N) is 2. The molecule has 0 amide bonds. The van der Waals surface area contributed by atoms with Gasteiger partial charge >= 0.3 is 5.97 Å². The van der Waals surface area contributed by atoms with Gasteiger partial charge in [-0.15, -0.1) is 0 Å². The van der Waals surface area contributed by atoms with Crippen molar-refractivity contribution in [1.82, 2.24) is 9.46 Å². The van der Waals surface area contributed by atoms with Gasteiger partial charge in [-0.1, -0.05) is 5.16 Å². The van der Waals surface area contributed by atoms with E-state index in [0.717, 1.165) is 5.69 Å². The van der Waals surface area contributed by atoms with Crippen molar-refractivity contribution >= 4 is 16.0 Å². The number of esters is 1. The largest absolute Gasteiger partial charge is 0.494 e. The van der Waals surface area contributed by atoms with Crippen molar-refractivity contribution in [1.29, 1.82) is 0 Å². The highest BCUT2D eigenvalue weighted by molar-refractivity contribution is 7.89. The zero-order chi connectivity index (χ0) is 20.1. The highest BCUT2D eigenvalue weighted by Crippen LogP contribution is 2.26. The van der Waals surface area contributed by atoms with Crippen molar-refractivity contribution in [3.63, 3.8) is 0 Å². The van der Waals surface area contributed by atoms with E-state index in [1.807, 2.05) is 6.92 Å². The molecule has 3 rings (SSSR count). The molecule has 1 aliphatic rings. The average Bonchev–Trinajstić information content (AvgIpc) is 3.12. The third kappa shape index (κ3) is 4.71. The van der Waals surface area contributed by atoms with Crippen LogP contribution in [0.1, 0.15) is 31.2 Å². The number of aromatic nitrogens is 1. The molecule has 8 nitrogen and oxygen atoms in total. The topological polar surface area (TPSA) is 98.9 Å². The Morgan fingerprint density at radius 2 is 1.93 bits per heavy atom. The van der Waals surface area contributed by atoms with Crippen LogP contribution < -0.4 is 4.74 Å². The van der Waals surface area contributed by atoms with Gasteiger partial charge in [0.2, 0.25) is 10.0 Å². The number of rotatable bonds is 7. The Balaban J connectivity index is 1.54. The molecule has 9 heteroatoms. The normalized spacial score (nSPS) is 16.1. The summed E-state index contributed by atoms with van der Waals surface area (Å²) >= 11 is 0. The minimum absolute atomic E-state index is 0.0321. The molecule has 0 N–H and O–H groups in total. The maximum absolute atomic E-state index is 12.8. The van der Waals surface area contributed by atoms with Gasteiger partial charge in [0.25, 0.3) is 0 Å². The molecule has 0 spiro atoms. The molecule has 1 saturated heterocycles. The van der Waals surface area contributed by atoms with Crippen LogP contribution in [0.5, 0.6) is 5.75 Å². The molecule has 0 atom stereocenters. The van der Waals surface area contributed by atoms with E-state index in [0.29, 0.717) is 31.0 Å². The molecular weight excluding hydrogens is 384 g/mol. The summed E-state index contributed by atoms with van der Waals surface area (Å²) < 4.78 is 42.6. The van der Waals surface area contributed by atoms with E-state index in [2.05, 4.69) is 5.16 Å². The first-order valence-electron chi connectivity index (χ1n) is 9.22. The molecule has 152 valence electrons. The molecule has 1 aliphatic heterocycles. The summed E-state index contributed by atoms with van der Waals surface area (Å²) in [6.07, 6.45) is 0.842. The quantitative estimate of drug-likeness (QED) is 0.649. The number of carbonyl (C=O) groups is 1. The first-order valence-corrected chi connectivity index (χ1v) is 10.7. The van der Waals surface area contributed by atoms with E-state index in [1.165, 1.54) is 4.31 Å². The lowest BCUT2D eigenvalue weighted by molar-refractivity contribution is -0.151. The second-order valence-corrected chi connectivity index (χ2v) is 8.56. The molecule has 1 aromatic heterocycles. The number of benzene rings is 1. The van der Waals surface area contributed by atoms with Crippen LogP contribution in [-0.2, 0) is 26.2 Å². The Kier molecular flexibility index (Phi) is 6.35. The lowest BCUT2D eigenvalue weighted by Crippen LogP contribution is -2.40. The van der Waals surface area contributed by atoms with Crippen molar-refractivity contribution in [3.05, 3.63) is 41.8 Å². The van der Waals surface area contributed by atoms with Crippen molar-refractivity contribution in [2.75, 3.05) is 19.7 Å². The van der Waals surface area contributed by atoms with E-state index in [-0.39, 0.29) is 36.5 Å². The van der Waals surface area contributed by atoms with Crippen molar-refractivity contribution < 1.29 is 27.2 Å².